The number of nitrogens with zero attached hydrogens (tertiary/aromatic N) is 2. The molecule has 0 aliphatic heterocycles. The summed E-state index contributed by atoms with van der Waals surface area (Å²) >= 11 is 8.95. The second kappa shape index (κ2) is 5.51. The Bertz CT molecular complexity index is 573. The average molecular weight is 331 g/mol. The molecule has 0 aliphatic rings. The lowest BCUT2D eigenvalue weighted by atomic mass is 10.2. The van der Waals surface area contributed by atoms with Crippen LogP contribution in [0.2, 0.25) is 5.02 Å². The summed E-state index contributed by atoms with van der Waals surface area (Å²) < 4.78 is 5.33. The van der Waals surface area contributed by atoms with E-state index >= 15 is 0 Å². The lowest BCUT2D eigenvalue weighted by Crippen LogP contribution is -2.26. The zero-order valence-corrected chi connectivity index (χ0v) is 11.4. The van der Waals surface area contributed by atoms with Gasteiger partial charge in [0.15, 0.2) is 5.84 Å². The molecule has 2 rings (SSSR count). The maximum absolute atomic E-state index is 9.79. The Balaban J connectivity index is 2.08. The summed E-state index contributed by atoms with van der Waals surface area (Å²) in [7, 11) is 0. The van der Waals surface area contributed by atoms with Gasteiger partial charge >= 0.3 is 0 Å². The molecule has 2 N–H and O–H groups in total. The van der Waals surface area contributed by atoms with Crippen LogP contribution in [0.15, 0.2) is 39.5 Å². The van der Waals surface area contributed by atoms with Crippen molar-refractivity contribution in [1.29, 1.82) is 5.41 Å². The molecule has 0 atom stereocenters. The number of nitrogens with one attached hydrogen (secondary N) is 1. The smallest absolute Gasteiger partial charge is 0.204 e. The molecular formula is C11H9BrClN3O2. The molecule has 0 aliphatic carbocycles. The molecule has 0 spiro atoms. The summed E-state index contributed by atoms with van der Waals surface area (Å²) in [5, 5.41) is 22.5. The highest BCUT2D eigenvalue weighted by molar-refractivity contribution is 9.10. The first kappa shape index (κ1) is 13.1. The van der Waals surface area contributed by atoms with Crippen molar-refractivity contribution >= 4 is 33.4 Å². The van der Waals surface area contributed by atoms with E-state index in [0.717, 1.165) is 10.6 Å². The van der Waals surface area contributed by atoms with Gasteiger partial charge in [-0.15, -0.1) is 0 Å². The van der Waals surface area contributed by atoms with Crippen LogP contribution in [0, 0.1) is 5.41 Å². The van der Waals surface area contributed by atoms with E-state index in [-0.39, 0.29) is 18.1 Å². The second-order valence-corrected chi connectivity index (χ2v) is 4.80. The molecule has 1 aromatic heterocycles. The Labute approximate surface area is 117 Å². The minimum Gasteiger partial charge on any atom is -0.352 e. The van der Waals surface area contributed by atoms with Crippen molar-refractivity contribution in [3.63, 3.8) is 0 Å². The monoisotopic (exact) mass is 329 g/mol. The highest BCUT2D eigenvalue weighted by Crippen LogP contribution is 2.15. The molecule has 1 aromatic carbocycles. The second-order valence-electron chi connectivity index (χ2n) is 3.55. The molecule has 0 bridgehead atoms. The minimum absolute atomic E-state index is 0.137. The first-order chi connectivity index (χ1) is 8.56. The molecule has 1 heterocycles. The van der Waals surface area contributed by atoms with Crippen molar-refractivity contribution in [2.45, 2.75) is 6.54 Å². The van der Waals surface area contributed by atoms with Gasteiger partial charge in [0.05, 0.1) is 6.54 Å². The van der Waals surface area contributed by atoms with Crippen LogP contribution in [-0.4, -0.2) is 21.3 Å². The van der Waals surface area contributed by atoms with Gasteiger partial charge in [-0.05, 0) is 33.6 Å². The predicted octanol–water partition coefficient (Wildman–Crippen LogP) is 3.31. The first-order valence-corrected chi connectivity index (χ1v) is 6.15. The number of amidine groups is 1. The Morgan fingerprint density at radius 3 is 2.89 bits per heavy atom. The predicted molar refractivity (Wildman–Crippen MR) is 69.8 cm³/mol. The van der Waals surface area contributed by atoms with Gasteiger partial charge in [0.2, 0.25) is 5.76 Å². The lowest BCUT2D eigenvalue weighted by molar-refractivity contribution is -0.0244. The number of hydrogen-bond donors (Lipinski definition) is 2. The zero-order chi connectivity index (χ0) is 13.1. The summed E-state index contributed by atoms with van der Waals surface area (Å²) in [6.45, 7) is 0.137. The van der Waals surface area contributed by atoms with E-state index in [2.05, 4.69) is 21.1 Å². The van der Waals surface area contributed by atoms with E-state index in [4.69, 9.17) is 21.5 Å². The van der Waals surface area contributed by atoms with Gasteiger partial charge in [0.25, 0.3) is 0 Å². The van der Waals surface area contributed by atoms with E-state index in [0.29, 0.717) is 9.63 Å². The summed E-state index contributed by atoms with van der Waals surface area (Å²) in [6.07, 6.45) is 0. The van der Waals surface area contributed by atoms with Gasteiger partial charge in [-0.3, -0.25) is 10.6 Å². The number of halogens is 2. The van der Waals surface area contributed by atoms with E-state index in [1.807, 2.05) is 0 Å². The average Bonchev–Trinajstić information content (AvgIpc) is 2.75. The summed E-state index contributed by atoms with van der Waals surface area (Å²) in [5.74, 6) is -0.000390. The number of aromatic nitrogens is 1. The van der Waals surface area contributed by atoms with Crippen LogP contribution in [0.1, 0.15) is 11.3 Å². The standard InChI is InChI=1S/C11H9BrClN3O2/c12-10-5-9(18-15-10)11(14)16(17)6-7-2-1-3-8(13)4-7/h1-5,14,17H,6H2. The van der Waals surface area contributed by atoms with E-state index in [9.17, 15) is 5.21 Å². The summed E-state index contributed by atoms with van der Waals surface area (Å²) in [6, 6.07) is 8.54. The van der Waals surface area contributed by atoms with Gasteiger partial charge in [-0.2, -0.15) is 0 Å². The normalized spacial score (nSPS) is 10.4. The third-order valence-electron chi connectivity index (χ3n) is 2.19. The van der Waals surface area contributed by atoms with Gasteiger partial charge in [-0.25, -0.2) is 5.06 Å². The lowest BCUT2D eigenvalue weighted by Gasteiger charge is -2.15. The molecule has 0 saturated carbocycles. The number of benzene rings is 1. The molecule has 0 unspecified atom stereocenters. The van der Waals surface area contributed by atoms with Gasteiger partial charge in [-0.1, -0.05) is 28.9 Å². The Kier molecular flexibility index (Phi) is 4.00. The van der Waals surface area contributed by atoms with Gasteiger partial charge in [0.1, 0.15) is 4.60 Å². The summed E-state index contributed by atoms with van der Waals surface area (Å²) in [4.78, 5) is 0. The van der Waals surface area contributed by atoms with Gasteiger partial charge < -0.3 is 4.52 Å². The van der Waals surface area contributed by atoms with Crippen LogP contribution in [0.3, 0.4) is 0 Å². The maximum Gasteiger partial charge on any atom is 0.204 e. The minimum atomic E-state index is -0.173. The van der Waals surface area contributed by atoms with Crippen LogP contribution >= 0.6 is 27.5 Å². The highest BCUT2D eigenvalue weighted by Gasteiger charge is 2.15. The van der Waals surface area contributed by atoms with Crippen LogP contribution in [0.4, 0.5) is 0 Å². The first-order valence-electron chi connectivity index (χ1n) is 4.98. The fourth-order valence-electron chi connectivity index (χ4n) is 1.38. The third-order valence-corrected chi connectivity index (χ3v) is 2.80. The number of hydroxylamine groups is 2. The van der Waals surface area contributed by atoms with E-state index in [1.54, 1.807) is 24.3 Å². The fraction of sp³-hybridized carbons (Fsp3) is 0.0909. The number of hydrogen-bond acceptors (Lipinski definition) is 4. The topological polar surface area (TPSA) is 73.4 Å². The van der Waals surface area contributed by atoms with Crippen molar-refractivity contribution in [1.82, 2.24) is 10.2 Å². The molecule has 0 amide bonds. The van der Waals surface area contributed by atoms with Crippen molar-refractivity contribution in [2.75, 3.05) is 0 Å². The van der Waals surface area contributed by atoms with Crippen molar-refractivity contribution in [3.8, 4) is 0 Å². The molecule has 18 heavy (non-hydrogen) atoms. The summed E-state index contributed by atoms with van der Waals surface area (Å²) in [5.41, 5.74) is 0.785. The highest BCUT2D eigenvalue weighted by atomic mass is 79.9. The molecular weight excluding hydrogens is 321 g/mol. The molecule has 2 aromatic rings. The molecule has 94 valence electrons. The maximum atomic E-state index is 9.79. The van der Waals surface area contributed by atoms with Crippen LogP contribution in [0.25, 0.3) is 0 Å². The Morgan fingerprint density at radius 2 is 2.28 bits per heavy atom. The van der Waals surface area contributed by atoms with Crippen LogP contribution < -0.4 is 0 Å². The van der Waals surface area contributed by atoms with Gasteiger partial charge in [0, 0.05) is 11.1 Å². The third kappa shape index (κ3) is 3.10. The molecule has 7 heteroatoms. The molecule has 0 fully saturated rings. The van der Waals surface area contributed by atoms with Crippen molar-refractivity contribution in [3.05, 3.63) is 51.3 Å². The molecule has 5 nitrogen and oxygen atoms in total. The van der Waals surface area contributed by atoms with Crippen molar-refractivity contribution < 1.29 is 9.73 Å². The van der Waals surface area contributed by atoms with Crippen molar-refractivity contribution in [2.24, 2.45) is 0 Å². The SMILES string of the molecule is N=C(c1cc(Br)no1)N(O)Cc1cccc(Cl)c1. The quantitative estimate of drug-likeness (QED) is 0.514. The molecule has 0 radical (unpaired) electrons. The fourth-order valence-corrected chi connectivity index (χ4v) is 1.87. The number of rotatable bonds is 3. The largest absolute Gasteiger partial charge is 0.352 e. The molecule has 0 saturated heterocycles. The van der Waals surface area contributed by atoms with E-state index in [1.165, 1.54) is 6.07 Å². The van der Waals surface area contributed by atoms with E-state index < -0.39 is 0 Å². The Morgan fingerprint density at radius 1 is 1.50 bits per heavy atom. The van der Waals surface area contributed by atoms with Crippen LogP contribution in [0.5, 0.6) is 0 Å². The zero-order valence-electron chi connectivity index (χ0n) is 9.10. The Hall–Kier alpha value is -1.37. The van der Waals surface area contributed by atoms with Crippen LogP contribution in [-0.2, 0) is 6.54 Å².